The van der Waals surface area contributed by atoms with Gasteiger partial charge in [-0.25, -0.2) is 4.99 Å². The van der Waals surface area contributed by atoms with E-state index in [1.54, 1.807) is 14.2 Å². The molecule has 0 aliphatic heterocycles. The first-order chi connectivity index (χ1) is 12.7. The van der Waals surface area contributed by atoms with Gasteiger partial charge in [-0.15, -0.1) is 0 Å². The number of nitrogens with one attached hydrogen (secondary N) is 2. The number of nitrogens with zero attached hydrogens (tertiary/aromatic N) is 1. The van der Waals surface area contributed by atoms with E-state index in [1.807, 2.05) is 36.4 Å². The highest BCUT2D eigenvalue weighted by molar-refractivity contribution is 5.79. The fourth-order valence-corrected chi connectivity index (χ4v) is 2.53. The van der Waals surface area contributed by atoms with E-state index in [0.29, 0.717) is 6.54 Å². The van der Waals surface area contributed by atoms with Gasteiger partial charge in [-0.1, -0.05) is 24.3 Å². The highest BCUT2D eigenvalue weighted by Gasteiger charge is 1.99. The summed E-state index contributed by atoms with van der Waals surface area (Å²) < 4.78 is 10.4. The highest BCUT2D eigenvalue weighted by atomic mass is 16.5. The number of hydrogen-bond acceptors (Lipinski definition) is 3. The van der Waals surface area contributed by atoms with Gasteiger partial charge >= 0.3 is 0 Å². The number of rotatable bonds is 9. The maximum absolute atomic E-state index is 5.19. The van der Waals surface area contributed by atoms with Crippen LogP contribution in [0.5, 0.6) is 11.5 Å². The molecule has 0 saturated carbocycles. The third kappa shape index (κ3) is 6.67. The van der Waals surface area contributed by atoms with Crippen LogP contribution < -0.4 is 20.1 Å². The standard InChI is InChI=1S/C21H29N3O2/c1-4-22-21(24-16-18-9-13-20(26-3)14-10-18)23-15-5-6-17-7-11-19(25-2)12-8-17/h7-14H,4-6,15-16H2,1-3H3,(H2,22,23,24). The lowest BCUT2D eigenvalue weighted by Crippen LogP contribution is -2.37. The van der Waals surface area contributed by atoms with Crippen molar-refractivity contribution in [2.24, 2.45) is 4.99 Å². The van der Waals surface area contributed by atoms with E-state index in [-0.39, 0.29) is 0 Å². The number of methoxy groups -OCH3 is 2. The Hall–Kier alpha value is -2.69. The summed E-state index contributed by atoms with van der Waals surface area (Å²) >= 11 is 0. The molecule has 0 aliphatic carbocycles. The summed E-state index contributed by atoms with van der Waals surface area (Å²) in [6.45, 7) is 4.42. The van der Waals surface area contributed by atoms with Gasteiger partial charge in [-0.2, -0.15) is 0 Å². The summed E-state index contributed by atoms with van der Waals surface area (Å²) in [5.41, 5.74) is 2.47. The third-order valence-electron chi connectivity index (χ3n) is 4.02. The van der Waals surface area contributed by atoms with E-state index < -0.39 is 0 Å². The number of benzene rings is 2. The smallest absolute Gasteiger partial charge is 0.191 e. The average Bonchev–Trinajstić information content (AvgIpc) is 2.70. The molecule has 0 aromatic heterocycles. The van der Waals surface area contributed by atoms with Gasteiger partial charge in [0, 0.05) is 13.1 Å². The van der Waals surface area contributed by atoms with Crippen LogP contribution in [0, 0.1) is 0 Å². The van der Waals surface area contributed by atoms with E-state index in [1.165, 1.54) is 5.56 Å². The lowest BCUT2D eigenvalue weighted by atomic mass is 10.1. The molecule has 0 saturated heterocycles. The molecule has 0 radical (unpaired) electrons. The van der Waals surface area contributed by atoms with Crippen molar-refractivity contribution in [2.75, 3.05) is 27.3 Å². The molecular formula is C21H29N3O2. The fraction of sp³-hybridized carbons (Fsp3) is 0.381. The predicted molar refractivity (Wildman–Crippen MR) is 107 cm³/mol. The SMILES string of the molecule is CCNC(=NCc1ccc(OC)cc1)NCCCc1ccc(OC)cc1. The Balaban J connectivity index is 1.78. The molecule has 2 rings (SSSR count). The number of ether oxygens (including phenoxy) is 2. The van der Waals surface area contributed by atoms with Gasteiger partial charge in [-0.05, 0) is 55.2 Å². The first-order valence-corrected chi connectivity index (χ1v) is 9.03. The monoisotopic (exact) mass is 355 g/mol. The number of aryl methyl sites for hydroxylation is 1. The maximum Gasteiger partial charge on any atom is 0.191 e. The molecule has 140 valence electrons. The van der Waals surface area contributed by atoms with E-state index in [4.69, 9.17) is 9.47 Å². The van der Waals surface area contributed by atoms with Crippen molar-refractivity contribution in [3.05, 3.63) is 59.7 Å². The second kappa shape index (κ2) is 11.0. The molecule has 0 spiro atoms. The second-order valence-electron chi connectivity index (χ2n) is 5.92. The number of guanidine groups is 1. The normalized spacial score (nSPS) is 11.1. The number of hydrogen-bond donors (Lipinski definition) is 2. The van der Waals surface area contributed by atoms with Gasteiger partial charge < -0.3 is 20.1 Å². The summed E-state index contributed by atoms with van der Waals surface area (Å²) in [6, 6.07) is 16.2. The molecular weight excluding hydrogens is 326 g/mol. The second-order valence-corrected chi connectivity index (χ2v) is 5.92. The molecule has 0 fully saturated rings. The van der Waals surface area contributed by atoms with Crippen molar-refractivity contribution in [3.8, 4) is 11.5 Å². The predicted octanol–water partition coefficient (Wildman–Crippen LogP) is 3.39. The Morgan fingerprint density at radius 2 is 1.42 bits per heavy atom. The van der Waals surface area contributed by atoms with Crippen molar-refractivity contribution < 1.29 is 9.47 Å². The van der Waals surface area contributed by atoms with Crippen LogP contribution in [0.15, 0.2) is 53.5 Å². The number of aliphatic imine (C=N–C) groups is 1. The molecule has 5 heteroatoms. The zero-order valence-corrected chi connectivity index (χ0v) is 15.9. The van der Waals surface area contributed by atoms with E-state index in [0.717, 1.165) is 49.0 Å². The first-order valence-electron chi connectivity index (χ1n) is 9.03. The molecule has 0 atom stereocenters. The molecule has 2 aromatic rings. The summed E-state index contributed by atoms with van der Waals surface area (Å²) in [5, 5.41) is 6.68. The fourth-order valence-electron chi connectivity index (χ4n) is 2.53. The molecule has 0 bridgehead atoms. The Kier molecular flexibility index (Phi) is 8.33. The summed E-state index contributed by atoms with van der Waals surface area (Å²) in [4.78, 5) is 4.64. The topological polar surface area (TPSA) is 54.9 Å². The molecule has 0 unspecified atom stereocenters. The summed E-state index contributed by atoms with van der Waals surface area (Å²) in [5.74, 6) is 2.60. The zero-order chi connectivity index (χ0) is 18.6. The van der Waals surface area contributed by atoms with E-state index >= 15 is 0 Å². The van der Waals surface area contributed by atoms with Crippen LogP contribution in [0.25, 0.3) is 0 Å². The largest absolute Gasteiger partial charge is 0.497 e. The Labute approximate surface area is 156 Å². The molecule has 2 N–H and O–H groups in total. The van der Waals surface area contributed by atoms with Gasteiger partial charge in [0.2, 0.25) is 0 Å². The Morgan fingerprint density at radius 1 is 0.846 bits per heavy atom. The van der Waals surface area contributed by atoms with Crippen LogP contribution in [-0.4, -0.2) is 33.3 Å². The van der Waals surface area contributed by atoms with Crippen LogP contribution in [0.2, 0.25) is 0 Å². The maximum atomic E-state index is 5.19. The minimum Gasteiger partial charge on any atom is -0.497 e. The molecule has 0 aliphatic rings. The van der Waals surface area contributed by atoms with Crippen molar-refractivity contribution in [2.45, 2.75) is 26.3 Å². The molecule has 0 heterocycles. The van der Waals surface area contributed by atoms with Crippen LogP contribution in [0.4, 0.5) is 0 Å². The lowest BCUT2D eigenvalue weighted by Gasteiger charge is -2.11. The lowest BCUT2D eigenvalue weighted by molar-refractivity contribution is 0.414. The Morgan fingerprint density at radius 3 is 1.96 bits per heavy atom. The first kappa shape index (κ1) is 19.6. The molecule has 0 amide bonds. The minimum absolute atomic E-state index is 0.637. The quantitative estimate of drug-likeness (QED) is 0.411. The van der Waals surface area contributed by atoms with Crippen molar-refractivity contribution in [3.63, 3.8) is 0 Å². The third-order valence-corrected chi connectivity index (χ3v) is 4.02. The van der Waals surface area contributed by atoms with Crippen molar-refractivity contribution in [1.82, 2.24) is 10.6 Å². The molecule has 26 heavy (non-hydrogen) atoms. The van der Waals surface area contributed by atoms with E-state index in [2.05, 4.69) is 34.7 Å². The van der Waals surface area contributed by atoms with Gasteiger partial charge in [0.1, 0.15) is 11.5 Å². The van der Waals surface area contributed by atoms with Crippen LogP contribution in [0.3, 0.4) is 0 Å². The highest BCUT2D eigenvalue weighted by Crippen LogP contribution is 2.13. The molecule has 2 aromatic carbocycles. The van der Waals surface area contributed by atoms with Gasteiger partial charge in [0.25, 0.3) is 0 Å². The zero-order valence-electron chi connectivity index (χ0n) is 15.9. The summed E-state index contributed by atoms with van der Waals surface area (Å²) in [6.07, 6.45) is 2.06. The van der Waals surface area contributed by atoms with Gasteiger partial charge in [0.15, 0.2) is 5.96 Å². The van der Waals surface area contributed by atoms with Crippen molar-refractivity contribution in [1.29, 1.82) is 0 Å². The van der Waals surface area contributed by atoms with Gasteiger partial charge in [-0.3, -0.25) is 0 Å². The van der Waals surface area contributed by atoms with Crippen LogP contribution in [0.1, 0.15) is 24.5 Å². The van der Waals surface area contributed by atoms with Crippen LogP contribution in [-0.2, 0) is 13.0 Å². The average molecular weight is 355 g/mol. The molecule has 5 nitrogen and oxygen atoms in total. The van der Waals surface area contributed by atoms with E-state index in [9.17, 15) is 0 Å². The summed E-state index contributed by atoms with van der Waals surface area (Å²) in [7, 11) is 3.36. The van der Waals surface area contributed by atoms with Crippen molar-refractivity contribution >= 4 is 5.96 Å². The van der Waals surface area contributed by atoms with Gasteiger partial charge in [0.05, 0.1) is 20.8 Å². The van der Waals surface area contributed by atoms with Crippen LogP contribution >= 0.6 is 0 Å². The Bertz CT molecular complexity index is 667. The minimum atomic E-state index is 0.637.